The Bertz CT molecular complexity index is 1240. The predicted molar refractivity (Wildman–Crippen MR) is 134 cm³/mol. The summed E-state index contributed by atoms with van der Waals surface area (Å²) in [5, 5.41) is 4.61. The first kappa shape index (κ1) is 23.3. The topological polar surface area (TPSA) is 66.5 Å². The van der Waals surface area contributed by atoms with Crippen LogP contribution in [0.5, 0.6) is 0 Å². The number of hydrogen-bond acceptors (Lipinski definition) is 3. The summed E-state index contributed by atoms with van der Waals surface area (Å²) in [5.41, 5.74) is 2.37. The number of anilines is 1. The van der Waals surface area contributed by atoms with Crippen molar-refractivity contribution in [3.63, 3.8) is 0 Å². The van der Waals surface area contributed by atoms with Gasteiger partial charge in [-0.3, -0.25) is 9.10 Å². The summed E-state index contributed by atoms with van der Waals surface area (Å²) < 4.78 is 29.4. The van der Waals surface area contributed by atoms with Crippen molar-refractivity contribution in [3.8, 4) is 0 Å². The molecule has 1 N–H and O–H groups in total. The fourth-order valence-electron chi connectivity index (χ4n) is 4.67. The van der Waals surface area contributed by atoms with Crippen molar-refractivity contribution in [1.29, 1.82) is 0 Å². The number of rotatable bonds is 6. The number of amides is 1. The van der Waals surface area contributed by atoms with E-state index in [1.54, 1.807) is 18.2 Å². The van der Waals surface area contributed by atoms with E-state index in [4.69, 9.17) is 0 Å². The Labute approximate surface area is 196 Å². The van der Waals surface area contributed by atoms with E-state index >= 15 is 0 Å². The molecule has 174 valence electrons. The Morgan fingerprint density at radius 1 is 0.909 bits per heavy atom. The van der Waals surface area contributed by atoms with E-state index in [1.165, 1.54) is 17.1 Å². The van der Waals surface area contributed by atoms with E-state index in [1.807, 2.05) is 56.3 Å². The van der Waals surface area contributed by atoms with Crippen LogP contribution < -0.4 is 9.62 Å². The highest BCUT2D eigenvalue weighted by Crippen LogP contribution is 2.32. The van der Waals surface area contributed by atoms with Crippen molar-refractivity contribution in [3.05, 3.63) is 71.8 Å². The molecule has 0 aliphatic heterocycles. The SMILES string of the molecule is Cc1cccc(N(CC(=O)NC2CCCCCC2)S(=O)(=O)c2cccc3ccccc23)c1C. The molecule has 0 heterocycles. The number of fused-ring (bicyclic) bond motifs is 1. The minimum absolute atomic E-state index is 0.112. The fraction of sp³-hybridized carbons (Fsp3) is 0.370. The molecule has 1 fully saturated rings. The molecule has 1 aliphatic carbocycles. The van der Waals surface area contributed by atoms with Crippen LogP contribution >= 0.6 is 0 Å². The Hall–Kier alpha value is -2.86. The van der Waals surface area contributed by atoms with Gasteiger partial charge in [-0.2, -0.15) is 0 Å². The predicted octanol–water partition coefficient (Wildman–Crippen LogP) is 5.49. The van der Waals surface area contributed by atoms with E-state index in [0.29, 0.717) is 11.1 Å². The highest BCUT2D eigenvalue weighted by atomic mass is 32.2. The maximum absolute atomic E-state index is 14.0. The minimum atomic E-state index is -3.99. The molecule has 0 radical (unpaired) electrons. The summed E-state index contributed by atoms with van der Waals surface area (Å²) in [6, 6.07) is 18.4. The number of hydrogen-bond donors (Lipinski definition) is 1. The van der Waals surface area contributed by atoms with Gasteiger partial charge in [0.15, 0.2) is 0 Å². The van der Waals surface area contributed by atoms with Gasteiger partial charge in [0.2, 0.25) is 5.91 Å². The standard InChI is InChI=1S/C27H32N2O3S/c1-20-11-9-17-25(21(20)2)29(19-27(30)28-23-14-5-3-4-6-15-23)33(31,32)26-18-10-13-22-12-7-8-16-24(22)26/h7-13,16-18,23H,3-6,14-15,19H2,1-2H3,(H,28,30). The average Bonchev–Trinajstić information content (AvgIpc) is 3.07. The highest BCUT2D eigenvalue weighted by Gasteiger charge is 2.30. The van der Waals surface area contributed by atoms with E-state index < -0.39 is 10.0 Å². The van der Waals surface area contributed by atoms with Gasteiger partial charge in [-0.25, -0.2) is 8.42 Å². The molecule has 0 bridgehead atoms. The largest absolute Gasteiger partial charge is 0.352 e. The van der Waals surface area contributed by atoms with Crippen LogP contribution in [0.4, 0.5) is 5.69 Å². The molecule has 4 rings (SSSR count). The zero-order valence-electron chi connectivity index (χ0n) is 19.4. The molecular weight excluding hydrogens is 432 g/mol. The Morgan fingerprint density at radius 3 is 2.33 bits per heavy atom. The molecule has 6 heteroatoms. The molecule has 0 spiro atoms. The molecule has 0 saturated heterocycles. The van der Waals surface area contributed by atoms with Crippen LogP contribution in [-0.4, -0.2) is 26.9 Å². The summed E-state index contributed by atoms with van der Waals surface area (Å²) in [4.78, 5) is 13.3. The lowest BCUT2D eigenvalue weighted by Crippen LogP contribution is -2.44. The van der Waals surface area contributed by atoms with E-state index in [2.05, 4.69) is 5.32 Å². The second kappa shape index (κ2) is 9.96. The molecule has 3 aromatic carbocycles. The normalized spacial score (nSPS) is 15.2. The monoisotopic (exact) mass is 464 g/mol. The zero-order valence-corrected chi connectivity index (χ0v) is 20.2. The molecule has 1 aliphatic rings. The Balaban J connectivity index is 1.74. The Kier molecular flexibility index (Phi) is 7.03. The van der Waals surface area contributed by atoms with Crippen molar-refractivity contribution < 1.29 is 13.2 Å². The third kappa shape index (κ3) is 5.06. The van der Waals surface area contributed by atoms with Crippen LogP contribution in [0, 0.1) is 13.8 Å². The minimum Gasteiger partial charge on any atom is -0.352 e. The summed E-state index contributed by atoms with van der Waals surface area (Å²) in [6.45, 7) is 3.61. The summed E-state index contributed by atoms with van der Waals surface area (Å²) in [6.07, 6.45) is 6.48. The van der Waals surface area contributed by atoms with Gasteiger partial charge in [0, 0.05) is 11.4 Å². The molecule has 33 heavy (non-hydrogen) atoms. The van der Waals surface area contributed by atoms with E-state index in [0.717, 1.165) is 42.2 Å². The van der Waals surface area contributed by atoms with Crippen LogP contribution in [0.1, 0.15) is 49.7 Å². The summed E-state index contributed by atoms with van der Waals surface area (Å²) in [7, 11) is -3.99. The smallest absolute Gasteiger partial charge is 0.265 e. The van der Waals surface area contributed by atoms with Crippen molar-refractivity contribution in [1.82, 2.24) is 5.32 Å². The molecule has 0 unspecified atom stereocenters. The maximum atomic E-state index is 14.0. The second-order valence-electron chi connectivity index (χ2n) is 8.96. The quantitative estimate of drug-likeness (QED) is 0.491. The van der Waals surface area contributed by atoms with Crippen LogP contribution in [-0.2, 0) is 14.8 Å². The number of aryl methyl sites for hydroxylation is 1. The van der Waals surface area contributed by atoms with Crippen LogP contribution in [0.3, 0.4) is 0 Å². The van der Waals surface area contributed by atoms with Gasteiger partial charge in [0.1, 0.15) is 6.54 Å². The number of carbonyl (C=O) groups is 1. The fourth-order valence-corrected chi connectivity index (χ4v) is 6.37. The molecule has 3 aromatic rings. The van der Waals surface area contributed by atoms with E-state index in [-0.39, 0.29) is 23.4 Å². The van der Waals surface area contributed by atoms with Gasteiger partial charge in [0.25, 0.3) is 10.0 Å². The third-order valence-electron chi connectivity index (χ3n) is 6.67. The summed E-state index contributed by atoms with van der Waals surface area (Å²) in [5.74, 6) is -0.258. The average molecular weight is 465 g/mol. The Morgan fingerprint density at radius 2 is 1.58 bits per heavy atom. The van der Waals surface area contributed by atoms with Gasteiger partial charge >= 0.3 is 0 Å². The number of carbonyl (C=O) groups excluding carboxylic acids is 1. The number of benzene rings is 3. The molecule has 0 atom stereocenters. The molecular formula is C27H32N2O3S. The van der Waals surface area contributed by atoms with Gasteiger partial charge in [-0.05, 0) is 55.3 Å². The van der Waals surface area contributed by atoms with Crippen molar-refractivity contribution >= 4 is 32.4 Å². The third-order valence-corrected chi connectivity index (χ3v) is 8.49. The molecule has 5 nitrogen and oxygen atoms in total. The maximum Gasteiger partial charge on any atom is 0.265 e. The lowest BCUT2D eigenvalue weighted by atomic mass is 10.1. The number of nitrogens with zero attached hydrogens (tertiary/aromatic N) is 1. The van der Waals surface area contributed by atoms with Gasteiger partial charge in [0.05, 0.1) is 10.6 Å². The van der Waals surface area contributed by atoms with Crippen molar-refractivity contribution in [2.24, 2.45) is 0 Å². The van der Waals surface area contributed by atoms with Gasteiger partial charge in [-0.1, -0.05) is 74.2 Å². The molecule has 1 saturated carbocycles. The highest BCUT2D eigenvalue weighted by molar-refractivity contribution is 7.93. The second-order valence-corrected chi connectivity index (χ2v) is 10.8. The zero-order chi connectivity index (χ0) is 23.4. The first-order chi connectivity index (χ1) is 15.9. The lowest BCUT2D eigenvalue weighted by molar-refractivity contribution is -0.120. The lowest BCUT2D eigenvalue weighted by Gasteiger charge is -2.28. The number of sulfonamides is 1. The van der Waals surface area contributed by atoms with Gasteiger partial charge < -0.3 is 5.32 Å². The molecule has 0 aromatic heterocycles. The van der Waals surface area contributed by atoms with E-state index in [9.17, 15) is 13.2 Å². The van der Waals surface area contributed by atoms with Crippen LogP contribution in [0.2, 0.25) is 0 Å². The van der Waals surface area contributed by atoms with Crippen molar-refractivity contribution in [2.75, 3.05) is 10.8 Å². The number of nitrogens with one attached hydrogen (secondary N) is 1. The summed E-state index contributed by atoms with van der Waals surface area (Å²) >= 11 is 0. The molecule has 1 amide bonds. The van der Waals surface area contributed by atoms with Crippen molar-refractivity contribution in [2.45, 2.75) is 63.3 Å². The van der Waals surface area contributed by atoms with Crippen LogP contribution in [0.25, 0.3) is 10.8 Å². The van der Waals surface area contributed by atoms with Gasteiger partial charge in [-0.15, -0.1) is 0 Å². The van der Waals surface area contributed by atoms with Crippen LogP contribution in [0.15, 0.2) is 65.6 Å². The first-order valence-electron chi connectivity index (χ1n) is 11.7. The first-order valence-corrected chi connectivity index (χ1v) is 13.2.